The average molecular weight is 970 g/mol. The van der Waals surface area contributed by atoms with Crippen LogP contribution in [0.25, 0.3) is 33.4 Å². The number of anilines is 3. The van der Waals surface area contributed by atoms with Gasteiger partial charge in [0.25, 0.3) is 0 Å². The monoisotopic (exact) mass is 969 g/mol. The van der Waals surface area contributed by atoms with Gasteiger partial charge < -0.3 is 9.64 Å². The Hall–Kier alpha value is -8.20. The predicted octanol–water partition coefficient (Wildman–Crippen LogP) is 19.4. The van der Waals surface area contributed by atoms with Crippen molar-refractivity contribution in [3.8, 4) is 44.9 Å². The second-order valence-electron chi connectivity index (χ2n) is 22.0. The summed E-state index contributed by atoms with van der Waals surface area (Å²) in [5.74, 6) is 2.66. The van der Waals surface area contributed by atoms with Crippen LogP contribution in [0.3, 0.4) is 0 Å². The second kappa shape index (κ2) is 18.6. The molecule has 2 nitrogen and oxygen atoms in total. The highest BCUT2D eigenvalue weighted by atomic mass is 16.5. The van der Waals surface area contributed by atoms with Crippen molar-refractivity contribution in [3.63, 3.8) is 0 Å². The van der Waals surface area contributed by atoms with Gasteiger partial charge in [-0.15, -0.1) is 0 Å². The maximum Gasteiger partial charge on any atom is 0.127 e. The topological polar surface area (TPSA) is 12.5 Å². The minimum absolute atomic E-state index is 0.149. The van der Waals surface area contributed by atoms with Crippen LogP contribution in [0.4, 0.5) is 17.1 Å². The summed E-state index contributed by atoms with van der Waals surface area (Å²) in [4.78, 5) is 2.47. The summed E-state index contributed by atoms with van der Waals surface area (Å²) in [5.41, 5.74) is 25.0. The van der Waals surface area contributed by atoms with Crippen LogP contribution in [-0.2, 0) is 23.7 Å². The fourth-order valence-electron chi connectivity index (χ4n) is 13.1. The fourth-order valence-corrected chi connectivity index (χ4v) is 13.1. The molecule has 0 saturated carbocycles. The Balaban J connectivity index is 0.883. The minimum atomic E-state index is -0.618. The summed E-state index contributed by atoms with van der Waals surface area (Å²) in [6.07, 6.45) is 4.75. The lowest BCUT2D eigenvalue weighted by atomic mass is 9.67. The molecule has 0 radical (unpaired) electrons. The fraction of sp³-hybridized carbons (Fsp3) is 0.178. The van der Waals surface area contributed by atoms with Gasteiger partial charge in [-0.05, 0) is 194 Å². The zero-order valence-electron chi connectivity index (χ0n) is 43.8. The Morgan fingerprint density at radius 1 is 0.453 bits per heavy atom. The summed E-state index contributed by atoms with van der Waals surface area (Å²) in [5, 5.41) is 0. The van der Waals surface area contributed by atoms with Crippen LogP contribution in [-0.4, -0.2) is 0 Å². The van der Waals surface area contributed by atoms with Gasteiger partial charge in [0.1, 0.15) is 11.5 Å². The van der Waals surface area contributed by atoms with E-state index in [1.165, 1.54) is 102 Å². The van der Waals surface area contributed by atoms with Crippen molar-refractivity contribution >= 4 is 17.1 Å². The van der Waals surface area contributed by atoms with E-state index in [4.69, 9.17) is 4.74 Å². The van der Waals surface area contributed by atoms with Gasteiger partial charge >= 0.3 is 0 Å². The molecule has 13 rings (SSSR count). The highest BCUT2D eigenvalue weighted by Crippen LogP contribution is 2.58. The lowest BCUT2D eigenvalue weighted by molar-refractivity contribution is 0.481. The molecule has 0 aromatic heterocycles. The Labute approximate surface area is 444 Å². The van der Waals surface area contributed by atoms with Gasteiger partial charge in [0, 0.05) is 22.5 Å². The number of fused-ring (bicyclic) bond motifs is 7. The third-order valence-corrected chi connectivity index (χ3v) is 17.3. The van der Waals surface area contributed by atoms with Crippen LogP contribution < -0.4 is 9.64 Å². The maximum atomic E-state index is 6.67. The Morgan fingerprint density at radius 2 is 0.973 bits per heavy atom. The molecule has 75 heavy (non-hydrogen) atoms. The average Bonchev–Trinajstić information content (AvgIpc) is 3.90. The van der Waals surface area contributed by atoms with E-state index in [1.807, 2.05) is 0 Å². The summed E-state index contributed by atoms with van der Waals surface area (Å²) in [7, 11) is 0. The number of rotatable bonds is 13. The molecule has 10 aromatic carbocycles. The number of nitrogens with zero attached hydrogens (tertiary/aromatic N) is 1. The first-order valence-corrected chi connectivity index (χ1v) is 27.2. The molecule has 3 aliphatic carbocycles. The lowest BCUT2D eigenvalue weighted by Gasteiger charge is -2.35. The molecule has 366 valence electrons. The Kier molecular flexibility index (Phi) is 11.6. The van der Waals surface area contributed by atoms with Crippen LogP contribution in [0.1, 0.15) is 114 Å². The third kappa shape index (κ3) is 7.93. The van der Waals surface area contributed by atoms with Crippen molar-refractivity contribution in [3.05, 3.63) is 292 Å². The van der Waals surface area contributed by atoms with E-state index in [0.717, 1.165) is 41.4 Å². The predicted molar refractivity (Wildman–Crippen MR) is 313 cm³/mol. The molecule has 2 heteroatoms. The van der Waals surface area contributed by atoms with E-state index in [9.17, 15) is 0 Å². The normalized spacial score (nSPS) is 16.1. The molecule has 10 aromatic rings. The first-order valence-electron chi connectivity index (χ1n) is 27.2. The van der Waals surface area contributed by atoms with E-state index >= 15 is 0 Å². The van der Waals surface area contributed by atoms with Crippen LogP contribution in [0.2, 0.25) is 0 Å². The molecule has 0 spiro atoms. The van der Waals surface area contributed by atoms with E-state index in [-0.39, 0.29) is 5.41 Å². The highest BCUT2D eigenvalue weighted by Gasteiger charge is 2.46. The molecule has 3 aliphatic rings. The van der Waals surface area contributed by atoms with Crippen LogP contribution >= 0.6 is 0 Å². The number of ether oxygens (including phenoxy) is 1. The molecule has 0 bridgehead atoms. The number of aryl methyl sites for hydroxylation is 3. The smallest absolute Gasteiger partial charge is 0.127 e. The van der Waals surface area contributed by atoms with Crippen molar-refractivity contribution in [2.75, 3.05) is 4.90 Å². The van der Waals surface area contributed by atoms with Gasteiger partial charge in [0.2, 0.25) is 0 Å². The third-order valence-electron chi connectivity index (χ3n) is 17.3. The molecule has 3 unspecified atom stereocenters. The van der Waals surface area contributed by atoms with Crippen molar-refractivity contribution in [2.24, 2.45) is 0 Å². The summed E-state index contributed by atoms with van der Waals surface area (Å²) >= 11 is 0. The molecule has 0 amide bonds. The van der Waals surface area contributed by atoms with Gasteiger partial charge in [0.05, 0.1) is 5.41 Å². The molecule has 3 atom stereocenters. The van der Waals surface area contributed by atoms with E-state index in [2.05, 4.69) is 270 Å². The van der Waals surface area contributed by atoms with Crippen LogP contribution in [0.5, 0.6) is 11.5 Å². The lowest BCUT2D eigenvalue weighted by Crippen LogP contribution is -2.28. The van der Waals surface area contributed by atoms with Crippen molar-refractivity contribution in [1.29, 1.82) is 0 Å². The quantitative estimate of drug-likeness (QED) is 0.114. The van der Waals surface area contributed by atoms with Gasteiger partial charge in [-0.25, -0.2) is 0 Å². The van der Waals surface area contributed by atoms with Crippen LogP contribution in [0, 0.1) is 6.92 Å². The van der Waals surface area contributed by atoms with Crippen molar-refractivity contribution in [1.82, 2.24) is 0 Å². The van der Waals surface area contributed by atoms with E-state index in [1.54, 1.807) is 5.56 Å². The SMILES string of the molecule is CCC(CC(C)c1ccc(Oc2ccc(C3(c4ccc(C)cc4)c4ccccc4-c4ccc(N(c5ccc(-c6ccccc6)cc5)c5ccc6c(c5)C(C)(C)c5ccccc5-6)cc43)cc2)cc1)c1ccc2c(c1)CC2. The molecule has 0 fully saturated rings. The summed E-state index contributed by atoms with van der Waals surface area (Å²) in [6, 6.07) is 86.2. The van der Waals surface area contributed by atoms with E-state index in [0.29, 0.717) is 11.8 Å². The molecule has 0 saturated heterocycles. The van der Waals surface area contributed by atoms with Gasteiger partial charge in [0.15, 0.2) is 0 Å². The highest BCUT2D eigenvalue weighted by molar-refractivity contribution is 5.91. The van der Waals surface area contributed by atoms with Crippen molar-refractivity contribution < 1.29 is 4.74 Å². The Morgan fingerprint density at radius 3 is 1.61 bits per heavy atom. The summed E-state index contributed by atoms with van der Waals surface area (Å²) in [6.45, 7) is 11.6. The summed E-state index contributed by atoms with van der Waals surface area (Å²) < 4.78 is 6.67. The zero-order chi connectivity index (χ0) is 50.8. The largest absolute Gasteiger partial charge is 0.457 e. The minimum Gasteiger partial charge on any atom is -0.457 e. The molecule has 0 heterocycles. The second-order valence-corrected chi connectivity index (χ2v) is 22.0. The molecule has 0 aliphatic heterocycles. The molecule has 0 N–H and O–H groups in total. The first kappa shape index (κ1) is 46.6. The standard InChI is InChI=1S/C73H63NO/c1-6-50(55-24-22-54-23-25-56(54)45-55)44-49(3)51-28-38-62(39-29-51)75-63-40-32-58(33-41-63)73(57-30-20-48(2)21-31-57)69-19-13-11-17-65(69)67-43-37-61(47-71(67)73)74(59-34-26-53(27-35-59)52-14-8-7-9-15-52)60-36-42-66-64-16-10-12-18-68(64)72(4,5)70(66)46-60/h7-22,24,26-43,45-47,49-50H,6,23,25,44H2,1-5H3. The van der Waals surface area contributed by atoms with Crippen molar-refractivity contribution in [2.45, 2.75) is 83.0 Å². The number of hydrogen-bond acceptors (Lipinski definition) is 2. The van der Waals surface area contributed by atoms with Crippen LogP contribution in [0.15, 0.2) is 231 Å². The van der Waals surface area contributed by atoms with Gasteiger partial charge in [-0.3, -0.25) is 0 Å². The molecular formula is C73H63NO. The maximum absolute atomic E-state index is 6.67. The van der Waals surface area contributed by atoms with Gasteiger partial charge in [-0.1, -0.05) is 203 Å². The number of benzene rings is 10. The Bertz CT molecular complexity index is 3740. The number of hydrogen-bond donors (Lipinski definition) is 0. The zero-order valence-corrected chi connectivity index (χ0v) is 43.8. The van der Waals surface area contributed by atoms with E-state index < -0.39 is 5.41 Å². The first-order chi connectivity index (χ1) is 36.7. The molecular weight excluding hydrogens is 907 g/mol. The van der Waals surface area contributed by atoms with Gasteiger partial charge in [-0.2, -0.15) is 0 Å².